The number of rotatable bonds is 5. The average molecular weight is 412 g/mol. The number of para-hydroxylation sites is 1. The van der Waals surface area contributed by atoms with E-state index < -0.39 is 10.8 Å². The van der Waals surface area contributed by atoms with Gasteiger partial charge in [0.15, 0.2) is 0 Å². The fraction of sp³-hybridized carbons (Fsp3) is 0.0909. The first kappa shape index (κ1) is 18.4. The minimum Gasteiger partial charge on any atom is -0.330 e. The Kier molecular flexibility index (Phi) is 5.39. The van der Waals surface area contributed by atoms with E-state index in [1.165, 1.54) is 5.56 Å². The molecule has 0 aliphatic carbocycles. The van der Waals surface area contributed by atoms with E-state index in [9.17, 15) is 4.21 Å². The van der Waals surface area contributed by atoms with Crippen molar-refractivity contribution in [1.82, 2.24) is 4.57 Å². The minimum atomic E-state index is -1.28. The van der Waals surface area contributed by atoms with Crippen LogP contribution >= 0.6 is 23.4 Å². The zero-order valence-electron chi connectivity index (χ0n) is 14.8. The Labute approximate surface area is 170 Å². The summed E-state index contributed by atoms with van der Waals surface area (Å²) in [5, 5.41) is 2.71. The van der Waals surface area contributed by atoms with Crippen LogP contribution in [-0.2, 0) is 17.3 Å². The number of hydrogen-bond acceptors (Lipinski definition) is 2. The monoisotopic (exact) mass is 411 g/mol. The number of halogens is 1. The van der Waals surface area contributed by atoms with Gasteiger partial charge in [-0.1, -0.05) is 60.1 Å². The number of thioether (sulfide) groups is 1. The van der Waals surface area contributed by atoms with Gasteiger partial charge < -0.3 is 4.57 Å². The molecule has 1 aromatic heterocycles. The molecule has 0 N–H and O–H groups in total. The second-order valence-corrected chi connectivity index (χ2v) is 8.80. The van der Waals surface area contributed by atoms with E-state index in [-0.39, 0.29) is 0 Å². The fourth-order valence-corrected chi connectivity index (χ4v) is 5.77. The molecule has 0 fully saturated rings. The van der Waals surface area contributed by atoms with Crippen LogP contribution in [0.4, 0.5) is 0 Å². The largest absolute Gasteiger partial charge is 0.330 e. The number of aromatic nitrogens is 1. The molecule has 4 aromatic rings. The van der Waals surface area contributed by atoms with E-state index in [4.69, 9.17) is 11.6 Å². The Morgan fingerprint density at radius 3 is 2.30 bits per heavy atom. The van der Waals surface area contributed by atoms with E-state index in [1.807, 2.05) is 48.7 Å². The maximum absolute atomic E-state index is 13.5. The summed E-state index contributed by atoms with van der Waals surface area (Å²) in [6.45, 7) is 0.745. The molecular formula is C22H18ClNOS2. The Morgan fingerprint density at radius 2 is 1.59 bits per heavy atom. The first-order valence-corrected chi connectivity index (χ1v) is 11.3. The van der Waals surface area contributed by atoms with Crippen LogP contribution in [0.2, 0.25) is 5.02 Å². The Bertz CT molecular complexity index is 1100. The van der Waals surface area contributed by atoms with Gasteiger partial charge in [0.05, 0.1) is 26.2 Å². The molecule has 136 valence electrons. The second-order valence-electron chi connectivity index (χ2n) is 6.15. The average Bonchev–Trinajstić information content (AvgIpc) is 3.02. The zero-order valence-corrected chi connectivity index (χ0v) is 17.2. The topological polar surface area (TPSA) is 22.0 Å². The van der Waals surface area contributed by atoms with Crippen LogP contribution in [0, 0.1) is 0 Å². The second kappa shape index (κ2) is 7.93. The van der Waals surface area contributed by atoms with Gasteiger partial charge in [0, 0.05) is 21.8 Å². The Morgan fingerprint density at radius 1 is 0.926 bits per heavy atom. The summed E-state index contributed by atoms with van der Waals surface area (Å²) >= 11 is 7.64. The van der Waals surface area contributed by atoms with Crippen LogP contribution in [0.1, 0.15) is 5.56 Å². The molecule has 0 aliphatic heterocycles. The molecule has 1 atom stereocenters. The van der Waals surface area contributed by atoms with Gasteiger partial charge in [-0.3, -0.25) is 0 Å². The van der Waals surface area contributed by atoms with Gasteiger partial charge in [0.2, 0.25) is 0 Å². The van der Waals surface area contributed by atoms with Crippen molar-refractivity contribution in [2.75, 3.05) is 6.26 Å². The third-order valence-corrected chi connectivity index (χ3v) is 7.15. The normalized spacial score (nSPS) is 12.4. The lowest BCUT2D eigenvalue weighted by molar-refractivity contribution is 0.677. The summed E-state index contributed by atoms with van der Waals surface area (Å²) in [6, 6.07) is 25.8. The highest BCUT2D eigenvalue weighted by molar-refractivity contribution is 7.99. The third-order valence-electron chi connectivity index (χ3n) is 4.47. The van der Waals surface area contributed by atoms with Gasteiger partial charge in [-0.05, 0) is 42.2 Å². The van der Waals surface area contributed by atoms with E-state index in [0.29, 0.717) is 5.02 Å². The lowest BCUT2D eigenvalue weighted by Crippen LogP contribution is -2.02. The third kappa shape index (κ3) is 3.57. The van der Waals surface area contributed by atoms with Crippen molar-refractivity contribution in [2.45, 2.75) is 21.4 Å². The summed E-state index contributed by atoms with van der Waals surface area (Å²) in [5.74, 6) is 0. The van der Waals surface area contributed by atoms with Crippen molar-refractivity contribution in [3.05, 3.63) is 89.4 Å². The number of benzene rings is 3. The summed E-state index contributed by atoms with van der Waals surface area (Å²) in [4.78, 5) is 1.63. The molecule has 0 radical (unpaired) electrons. The number of nitrogens with zero attached hydrogens (tertiary/aromatic N) is 1. The fourth-order valence-electron chi connectivity index (χ4n) is 3.23. The molecule has 0 saturated carbocycles. The molecule has 5 heteroatoms. The van der Waals surface area contributed by atoms with Gasteiger partial charge in [-0.15, -0.1) is 11.8 Å². The quantitative estimate of drug-likeness (QED) is 0.363. The molecule has 27 heavy (non-hydrogen) atoms. The van der Waals surface area contributed by atoms with E-state index in [0.717, 1.165) is 32.3 Å². The number of hydrogen-bond donors (Lipinski definition) is 0. The molecular weight excluding hydrogens is 394 g/mol. The summed E-state index contributed by atoms with van der Waals surface area (Å²) in [5.41, 5.74) is 2.32. The lowest BCUT2D eigenvalue weighted by Gasteiger charge is -2.10. The van der Waals surface area contributed by atoms with Gasteiger partial charge in [-0.2, -0.15) is 0 Å². The molecule has 0 aliphatic rings. The highest BCUT2D eigenvalue weighted by atomic mass is 35.5. The van der Waals surface area contributed by atoms with Crippen LogP contribution in [0.15, 0.2) is 93.7 Å². The molecule has 0 spiro atoms. The van der Waals surface area contributed by atoms with Crippen molar-refractivity contribution in [3.63, 3.8) is 0 Å². The van der Waals surface area contributed by atoms with Gasteiger partial charge in [-0.25, -0.2) is 4.21 Å². The molecule has 3 aromatic carbocycles. The molecule has 0 amide bonds. The Hall–Kier alpha value is -2.01. The highest BCUT2D eigenvalue weighted by Crippen LogP contribution is 2.37. The van der Waals surface area contributed by atoms with Crippen LogP contribution in [0.5, 0.6) is 0 Å². The summed E-state index contributed by atoms with van der Waals surface area (Å²) in [6.07, 6.45) is 2.04. The lowest BCUT2D eigenvalue weighted by atomic mass is 10.2. The van der Waals surface area contributed by atoms with Crippen molar-refractivity contribution in [2.24, 2.45) is 0 Å². The first-order chi connectivity index (χ1) is 13.2. The smallest absolute Gasteiger partial charge is 0.0927 e. The molecule has 4 rings (SSSR count). The predicted molar refractivity (Wildman–Crippen MR) is 115 cm³/mol. The standard InChI is InChI=1S/C22H18ClNOS2/c1-26-22-21(27(25)18-13-11-17(23)12-14-18)19-9-5-6-10-20(19)24(22)15-16-7-3-2-4-8-16/h2-14H,15H2,1H3. The molecule has 2 nitrogen and oxygen atoms in total. The molecule has 1 heterocycles. The zero-order chi connectivity index (χ0) is 18.8. The highest BCUT2D eigenvalue weighted by Gasteiger charge is 2.22. The van der Waals surface area contributed by atoms with E-state index in [2.05, 4.69) is 28.8 Å². The number of fused-ring (bicyclic) bond motifs is 1. The van der Waals surface area contributed by atoms with Crippen molar-refractivity contribution in [3.8, 4) is 0 Å². The van der Waals surface area contributed by atoms with Gasteiger partial charge >= 0.3 is 0 Å². The maximum atomic E-state index is 13.5. The summed E-state index contributed by atoms with van der Waals surface area (Å²) in [7, 11) is -1.28. The van der Waals surface area contributed by atoms with Crippen LogP contribution in [0.25, 0.3) is 10.9 Å². The maximum Gasteiger partial charge on any atom is 0.0927 e. The van der Waals surface area contributed by atoms with Crippen molar-refractivity contribution < 1.29 is 4.21 Å². The Balaban J connectivity index is 1.90. The first-order valence-electron chi connectivity index (χ1n) is 8.55. The van der Waals surface area contributed by atoms with Crippen LogP contribution < -0.4 is 0 Å². The van der Waals surface area contributed by atoms with Crippen LogP contribution in [-0.4, -0.2) is 15.0 Å². The SMILES string of the molecule is CSc1c(S(=O)c2ccc(Cl)cc2)c2ccccc2n1Cc1ccccc1. The molecule has 0 saturated heterocycles. The molecule has 1 unspecified atom stereocenters. The van der Waals surface area contributed by atoms with Gasteiger partial charge in [0.1, 0.15) is 0 Å². The minimum absolute atomic E-state index is 0.646. The van der Waals surface area contributed by atoms with E-state index >= 15 is 0 Å². The molecule has 0 bridgehead atoms. The van der Waals surface area contributed by atoms with Crippen molar-refractivity contribution >= 4 is 45.1 Å². The van der Waals surface area contributed by atoms with Crippen molar-refractivity contribution in [1.29, 1.82) is 0 Å². The van der Waals surface area contributed by atoms with Gasteiger partial charge in [0.25, 0.3) is 0 Å². The predicted octanol–water partition coefficient (Wildman–Crippen LogP) is 6.23. The van der Waals surface area contributed by atoms with Crippen LogP contribution in [0.3, 0.4) is 0 Å². The van der Waals surface area contributed by atoms with E-state index in [1.54, 1.807) is 23.9 Å². The summed E-state index contributed by atoms with van der Waals surface area (Å²) < 4.78 is 15.7.